The monoisotopic (exact) mass is 222 g/mol. The molecular formula is C12H22N4. The molecule has 3 unspecified atom stereocenters. The van der Waals surface area contributed by atoms with Gasteiger partial charge in [-0.15, -0.1) is 5.10 Å². The summed E-state index contributed by atoms with van der Waals surface area (Å²) in [6.45, 7) is 5.51. The molecule has 1 aliphatic rings. The third-order valence-electron chi connectivity index (χ3n) is 3.86. The topological polar surface area (TPSA) is 42.7 Å². The van der Waals surface area contributed by atoms with E-state index in [1.807, 2.05) is 7.05 Å². The number of hydrogen-bond acceptors (Lipinski definition) is 3. The fourth-order valence-electron chi connectivity index (χ4n) is 2.51. The minimum Gasteiger partial charge on any atom is -0.314 e. The van der Waals surface area contributed by atoms with Crippen molar-refractivity contribution in [1.82, 2.24) is 20.3 Å². The van der Waals surface area contributed by atoms with Crippen LogP contribution in [-0.4, -0.2) is 22.0 Å². The van der Waals surface area contributed by atoms with Crippen LogP contribution in [-0.2, 0) is 6.54 Å². The Bertz CT molecular complexity index is 334. The lowest BCUT2D eigenvalue weighted by molar-refractivity contribution is 0.199. The largest absolute Gasteiger partial charge is 0.314 e. The van der Waals surface area contributed by atoms with Gasteiger partial charge in [-0.25, -0.2) is 4.68 Å². The number of aromatic nitrogens is 3. The Labute approximate surface area is 97.4 Å². The molecule has 3 atom stereocenters. The van der Waals surface area contributed by atoms with Crippen molar-refractivity contribution in [2.45, 2.75) is 45.7 Å². The Hall–Kier alpha value is -0.900. The highest BCUT2D eigenvalue weighted by Gasteiger charge is 2.26. The molecule has 2 rings (SSSR count). The van der Waals surface area contributed by atoms with E-state index in [2.05, 4.69) is 40.4 Å². The molecule has 1 aromatic heterocycles. The zero-order chi connectivity index (χ0) is 11.5. The van der Waals surface area contributed by atoms with E-state index in [9.17, 15) is 0 Å². The Balaban J connectivity index is 2.01. The van der Waals surface area contributed by atoms with Crippen LogP contribution in [0.3, 0.4) is 0 Å². The minimum atomic E-state index is 0.560. The van der Waals surface area contributed by atoms with E-state index < -0.39 is 0 Å². The van der Waals surface area contributed by atoms with Crippen LogP contribution in [0.5, 0.6) is 0 Å². The van der Waals surface area contributed by atoms with Crippen molar-refractivity contribution >= 4 is 0 Å². The summed E-state index contributed by atoms with van der Waals surface area (Å²) in [6.07, 6.45) is 5.88. The maximum Gasteiger partial charge on any atom is 0.0964 e. The first-order valence-corrected chi connectivity index (χ1v) is 6.26. The second-order valence-electron chi connectivity index (χ2n) is 5.14. The highest BCUT2D eigenvalue weighted by atomic mass is 15.4. The first-order valence-electron chi connectivity index (χ1n) is 6.26. The molecule has 0 saturated heterocycles. The third kappa shape index (κ3) is 2.43. The smallest absolute Gasteiger partial charge is 0.0964 e. The van der Waals surface area contributed by atoms with Gasteiger partial charge in [0.1, 0.15) is 0 Å². The maximum absolute atomic E-state index is 4.24. The summed E-state index contributed by atoms with van der Waals surface area (Å²) in [5.74, 6) is 1.66. The molecule has 1 N–H and O–H groups in total. The summed E-state index contributed by atoms with van der Waals surface area (Å²) in [4.78, 5) is 0. The second-order valence-corrected chi connectivity index (χ2v) is 5.14. The quantitative estimate of drug-likeness (QED) is 0.850. The van der Waals surface area contributed by atoms with Crippen molar-refractivity contribution in [3.05, 3.63) is 11.9 Å². The SMILES string of the molecule is CNCc1cn(C2CCC(C)C(C)C2)nn1. The van der Waals surface area contributed by atoms with E-state index >= 15 is 0 Å². The van der Waals surface area contributed by atoms with Crippen LogP contribution in [0.25, 0.3) is 0 Å². The van der Waals surface area contributed by atoms with E-state index in [0.29, 0.717) is 6.04 Å². The molecule has 1 aromatic rings. The lowest BCUT2D eigenvalue weighted by Gasteiger charge is -2.31. The van der Waals surface area contributed by atoms with Crippen molar-refractivity contribution in [2.24, 2.45) is 11.8 Å². The molecule has 1 heterocycles. The van der Waals surface area contributed by atoms with Gasteiger partial charge in [-0.3, -0.25) is 0 Å². The Morgan fingerprint density at radius 1 is 1.38 bits per heavy atom. The summed E-state index contributed by atoms with van der Waals surface area (Å²) >= 11 is 0. The summed E-state index contributed by atoms with van der Waals surface area (Å²) in [6, 6.07) is 0.560. The van der Waals surface area contributed by atoms with Gasteiger partial charge in [-0.1, -0.05) is 19.1 Å². The molecule has 1 aliphatic carbocycles. The van der Waals surface area contributed by atoms with E-state index in [1.165, 1.54) is 19.3 Å². The number of nitrogens with zero attached hydrogens (tertiary/aromatic N) is 3. The highest BCUT2D eigenvalue weighted by molar-refractivity contribution is 4.93. The number of nitrogens with one attached hydrogen (secondary N) is 1. The van der Waals surface area contributed by atoms with Crippen molar-refractivity contribution in [2.75, 3.05) is 7.05 Å². The minimum absolute atomic E-state index is 0.560. The number of rotatable bonds is 3. The lowest BCUT2D eigenvalue weighted by Crippen LogP contribution is -2.23. The molecule has 90 valence electrons. The molecular weight excluding hydrogens is 200 g/mol. The fraction of sp³-hybridized carbons (Fsp3) is 0.833. The molecule has 1 fully saturated rings. The van der Waals surface area contributed by atoms with Crippen LogP contribution in [0, 0.1) is 11.8 Å². The summed E-state index contributed by atoms with van der Waals surface area (Å²) in [7, 11) is 1.93. The normalized spacial score (nSPS) is 30.6. The lowest BCUT2D eigenvalue weighted by atomic mass is 9.79. The van der Waals surface area contributed by atoms with Gasteiger partial charge in [0.15, 0.2) is 0 Å². The predicted molar refractivity (Wildman–Crippen MR) is 64.0 cm³/mol. The van der Waals surface area contributed by atoms with Gasteiger partial charge in [0.2, 0.25) is 0 Å². The maximum atomic E-state index is 4.24. The molecule has 4 nitrogen and oxygen atoms in total. The molecule has 0 aliphatic heterocycles. The second kappa shape index (κ2) is 4.95. The number of hydrogen-bond donors (Lipinski definition) is 1. The van der Waals surface area contributed by atoms with Gasteiger partial charge < -0.3 is 5.32 Å². The summed E-state index contributed by atoms with van der Waals surface area (Å²) in [5, 5.41) is 11.5. The first-order chi connectivity index (χ1) is 7.70. The fourth-order valence-corrected chi connectivity index (χ4v) is 2.51. The molecule has 4 heteroatoms. The van der Waals surface area contributed by atoms with Crippen LogP contribution in [0.2, 0.25) is 0 Å². The Morgan fingerprint density at radius 2 is 2.19 bits per heavy atom. The molecule has 0 spiro atoms. The summed E-state index contributed by atoms with van der Waals surface area (Å²) < 4.78 is 2.06. The van der Waals surface area contributed by atoms with Gasteiger partial charge in [-0.2, -0.15) is 0 Å². The van der Waals surface area contributed by atoms with Crippen LogP contribution in [0.15, 0.2) is 6.20 Å². The van der Waals surface area contributed by atoms with Gasteiger partial charge in [0.05, 0.1) is 17.9 Å². The first kappa shape index (κ1) is 11.6. The zero-order valence-electron chi connectivity index (χ0n) is 10.5. The van der Waals surface area contributed by atoms with Crippen LogP contribution < -0.4 is 5.32 Å². The molecule has 0 radical (unpaired) electrons. The Kier molecular flexibility index (Phi) is 3.59. The van der Waals surface area contributed by atoms with Gasteiger partial charge in [-0.05, 0) is 38.1 Å². The zero-order valence-corrected chi connectivity index (χ0v) is 10.5. The molecule has 16 heavy (non-hydrogen) atoms. The Morgan fingerprint density at radius 3 is 2.88 bits per heavy atom. The molecule has 0 amide bonds. The van der Waals surface area contributed by atoms with Crippen molar-refractivity contribution in [3.63, 3.8) is 0 Å². The average molecular weight is 222 g/mol. The van der Waals surface area contributed by atoms with Crippen LogP contribution in [0.4, 0.5) is 0 Å². The molecule has 1 saturated carbocycles. The summed E-state index contributed by atoms with van der Waals surface area (Å²) in [5.41, 5.74) is 1.04. The van der Waals surface area contributed by atoms with Gasteiger partial charge >= 0.3 is 0 Å². The van der Waals surface area contributed by atoms with Crippen LogP contribution >= 0.6 is 0 Å². The average Bonchev–Trinajstić information content (AvgIpc) is 2.71. The van der Waals surface area contributed by atoms with E-state index in [4.69, 9.17) is 0 Å². The van der Waals surface area contributed by atoms with E-state index in [1.54, 1.807) is 0 Å². The standard InChI is InChI=1S/C12H22N4/c1-9-4-5-12(6-10(9)2)16-8-11(7-13-3)14-15-16/h8-10,12-13H,4-7H2,1-3H3. The highest BCUT2D eigenvalue weighted by Crippen LogP contribution is 2.35. The van der Waals surface area contributed by atoms with Crippen LogP contribution in [0.1, 0.15) is 44.8 Å². The van der Waals surface area contributed by atoms with Gasteiger partial charge in [0, 0.05) is 6.54 Å². The van der Waals surface area contributed by atoms with E-state index in [0.717, 1.165) is 24.1 Å². The predicted octanol–water partition coefficient (Wildman–Crippen LogP) is 1.99. The third-order valence-corrected chi connectivity index (χ3v) is 3.86. The van der Waals surface area contributed by atoms with Crippen molar-refractivity contribution < 1.29 is 0 Å². The van der Waals surface area contributed by atoms with Crippen molar-refractivity contribution in [3.8, 4) is 0 Å². The van der Waals surface area contributed by atoms with Gasteiger partial charge in [0.25, 0.3) is 0 Å². The molecule has 0 bridgehead atoms. The van der Waals surface area contributed by atoms with Crippen molar-refractivity contribution in [1.29, 1.82) is 0 Å². The molecule has 0 aromatic carbocycles. The van der Waals surface area contributed by atoms with E-state index in [-0.39, 0.29) is 0 Å².